The highest BCUT2D eigenvalue weighted by molar-refractivity contribution is 8.01. The first kappa shape index (κ1) is 16.5. The quantitative estimate of drug-likeness (QED) is 0.615. The number of amides is 2. The van der Waals surface area contributed by atoms with Crippen molar-refractivity contribution in [1.29, 1.82) is 0 Å². The number of thioether (sulfide) groups is 1. The summed E-state index contributed by atoms with van der Waals surface area (Å²) in [5.41, 5.74) is 2.50. The van der Waals surface area contributed by atoms with E-state index in [4.69, 9.17) is 4.74 Å². The van der Waals surface area contributed by atoms with Gasteiger partial charge in [-0.15, -0.1) is 11.8 Å². The van der Waals surface area contributed by atoms with Gasteiger partial charge in [0.2, 0.25) is 11.8 Å². The number of rotatable bonds is 5. The Hall–Kier alpha value is -1.82. The van der Waals surface area contributed by atoms with E-state index in [-0.39, 0.29) is 30.0 Å². The third kappa shape index (κ3) is 3.50. The Morgan fingerprint density at radius 1 is 1.36 bits per heavy atom. The lowest BCUT2D eigenvalue weighted by Crippen LogP contribution is -2.32. The minimum absolute atomic E-state index is 0.0815. The van der Waals surface area contributed by atoms with Crippen LogP contribution < -0.4 is 4.90 Å². The lowest BCUT2D eigenvalue weighted by Gasteiger charge is -2.18. The molecule has 1 aliphatic rings. The average Bonchev–Trinajstić information content (AvgIpc) is 2.74. The zero-order valence-electron chi connectivity index (χ0n) is 12.9. The van der Waals surface area contributed by atoms with Crippen molar-refractivity contribution in [1.82, 2.24) is 0 Å². The van der Waals surface area contributed by atoms with Gasteiger partial charge >= 0.3 is 5.97 Å². The predicted octanol–water partition coefficient (Wildman–Crippen LogP) is 2.23. The number of ether oxygens (including phenoxy) is 1. The molecule has 0 spiro atoms. The number of hydrogen-bond donors (Lipinski definition) is 0. The van der Waals surface area contributed by atoms with Gasteiger partial charge in [-0.2, -0.15) is 0 Å². The molecule has 1 heterocycles. The monoisotopic (exact) mass is 321 g/mol. The molecule has 0 aromatic heterocycles. The molecule has 1 fully saturated rings. The van der Waals surface area contributed by atoms with E-state index in [9.17, 15) is 14.4 Å². The molecule has 2 rings (SSSR count). The number of nitrogens with zero attached hydrogens (tertiary/aromatic N) is 1. The van der Waals surface area contributed by atoms with Gasteiger partial charge in [-0.05, 0) is 38.0 Å². The number of benzene rings is 1. The van der Waals surface area contributed by atoms with Crippen molar-refractivity contribution in [3.63, 3.8) is 0 Å². The molecule has 1 saturated heterocycles. The minimum atomic E-state index is -0.517. The fraction of sp³-hybridized carbons (Fsp3) is 0.438. The van der Waals surface area contributed by atoms with Crippen LogP contribution >= 0.6 is 11.8 Å². The molecule has 1 atom stereocenters. The summed E-state index contributed by atoms with van der Waals surface area (Å²) in [6, 6.07) is 5.67. The van der Waals surface area contributed by atoms with E-state index in [1.807, 2.05) is 32.0 Å². The third-order valence-corrected chi connectivity index (χ3v) is 4.59. The molecule has 0 N–H and O–H groups in total. The van der Waals surface area contributed by atoms with Crippen LogP contribution in [0.5, 0.6) is 0 Å². The van der Waals surface area contributed by atoms with E-state index >= 15 is 0 Å². The Labute approximate surface area is 134 Å². The summed E-state index contributed by atoms with van der Waals surface area (Å²) in [4.78, 5) is 37.3. The maximum absolute atomic E-state index is 12.5. The molecule has 22 heavy (non-hydrogen) atoms. The van der Waals surface area contributed by atoms with Crippen molar-refractivity contribution in [3.8, 4) is 0 Å². The van der Waals surface area contributed by atoms with Gasteiger partial charge in [-0.25, -0.2) is 4.90 Å². The van der Waals surface area contributed by atoms with E-state index in [2.05, 4.69) is 0 Å². The Bertz CT molecular complexity index is 614. The summed E-state index contributed by atoms with van der Waals surface area (Å²) in [6.07, 6.45) is 0.121. The number of carbonyl (C=O) groups is 3. The predicted molar refractivity (Wildman–Crippen MR) is 85.9 cm³/mol. The van der Waals surface area contributed by atoms with Crippen LogP contribution in [-0.2, 0) is 19.1 Å². The van der Waals surface area contributed by atoms with Gasteiger partial charge < -0.3 is 4.74 Å². The summed E-state index contributed by atoms with van der Waals surface area (Å²) in [7, 11) is 0. The topological polar surface area (TPSA) is 63.7 Å². The van der Waals surface area contributed by atoms with Crippen LogP contribution in [0.4, 0.5) is 5.69 Å². The van der Waals surface area contributed by atoms with Crippen molar-refractivity contribution < 1.29 is 19.1 Å². The zero-order chi connectivity index (χ0) is 16.3. The van der Waals surface area contributed by atoms with Gasteiger partial charge in [-0.3, -0.25) is 14.4 Å². The molecule has 0 saturated carbocycles. The summed E-state index contributed by atoms with van der Waals surface area (Å²) >= 11 is 1.17. The van der Waals surface area contributed by atoms with Crippen LogP contribution in [0.25, 0.3) is 0 Å². The van der Waals surface area contributed by atoms with Gasteiger partial charge in [-0.1, -0.05) is 12.1 Å². The number of hydrogen-bond acceptors (Lipinski definition) is 5. The lowest BCUT2D eigenvalue weighted by molar-refractivity contribution is -0.139. The van der Waals surface area contributed by atoms with Gasteiger partial charge in [0.25, 0.3) is 0 Å². The molecule has 6 heteroatoms. The normalized spacial score (nSPS) is 18.0. The number of imide groups is 1. The Morgan fingerprint density at radius 3 is 2.77 bits per heavy atom. The highest BCUT2D eigenvalue weighted by atomic mass is 32.2. The Kier molecular flexibility index (Phi) is 5.24. The lowest BCUT2D eigenvalue weighted by atomic mass is 10.1. The fourth-order valence-corrected chi connectivity index (χ4v) is 3.25. The molecule has 1 aromatic rings. The van der Waals surface area contributed by atoms with Gasteiger partial charge in [0.15, 0.2) is 0 Å². The van der Waals surface area contributed by atoms with Crippen molar-refractivity contribution in [3.05, 3.63) is 29.3 Å². The number of esters is 1. The van der Waals surface area contributed by atoms with Crippen LogP contribution in [0, 0.1) is 13.8 Å². The SMILES string of the molecule is CCOC(=O)CS[C@@H]1CC(=O)N(c2cc(C)ccc2C)C1=O. The summed E-state index contributed by atoms with van der Waals surface area (Å²) in [6.45, 7) is 5.83. The van der Waals surface area contributed by atoms with Crippen LogP contribution in [0.15, 0.2) is 18.2 Å². The van der Waals surface area contributed by atoms with E-state index in [0.717, 1.165) is 11.1 Å². The highest BCUT2D eigenvalue weighted by Gasteiger charge is 2.40. The molecule has 1 aliphatic heterocycles. The first-order valence-electron chi connectivity index (χ1n) is 7.15. The molecule has 2 amide bonds. The summed E-state index contributed by atoms with van der Waals surface area (Å²) < 4.78 is 4.84. The summed E-state index contributed by atoms with van der Waals surface area (Å²) in [5, 5.41) is -0.517. The fourth-order valence-electron chi connectivity index (χ4n) is 2.32. The second kappa shape index (κ2) is 6.96. The van der Waals surface area contributed by atoms with Crippen molar-refractivity contribution in [2.45, 2.75) is 32.4 Å². The molecule has 0 bridgehead atoms. The van der Waals surface area contributed by atoms with Crippen molar-refractivity contribution in [2.24, 2.45) is 0 Å². The number of anilines is 1. The largest absolute Gasteiger partial charge is 0.465 e. The van der Waals surface area contributed by atoms with E-state index in [0.29, 0.717) is 12.3 Å². The minimum Gasteiger partial charge on any atom is -0.465 e. The van der Waals surface area contributed by atoms with Crippen LogP contribution in [0.1, 0.15) is 24.5 Å². The average molecular weight is 321 g/mol. The third-order valence-electron chi connectivity index (χ3n) is 3.42. The van der Waals surface area contributed by atoms with Gasteiger partial charge in [0, 0.05) is 6.42 Å². The van der Waals surface area contributed by atoms with Crippen molar-refractivity contribution in [2.75, 3.05) is 17.3 Å². The first-order valence-corrected chi connectivity index (χ1v) is 8.20. The molecule has 118 valence electrons. The standard InChI is InChI=1S/C16H19NO4S/c1-4-21-15(19)9-22-13-8-14(18)17(16(13)20)12-7-10(2)5-6-11(12)3/h5-7,13H,4,8-9H2,1-3H3/t13-/m1/s1. The van der Waals surface area contributed by atoms with E-state index in [1.165, 1.54) is 16.7 Å². The Balaban J connectivity index is 2.12. The van der Waals surface area contributed by atoms with Crippen LogP contribution in [0.3, 0.4) is 0 Å². The molecule has 5 nitrogen and oxygen atoms in total. The van der Waals surface area contributed by atoms with Crippen LogP contribution in [0.2, 0.25) is 0 Å². The first-order chi connectivity index (χ1) is 10.4. The zero-order valence-corrected chi connectivity index (χ0v) is 13.7. The summed E-state index contributed by atoms with van der Waals surface area (Å²) in [5.74, 6) is -0.760. The van der Waals surface area contributed by atoms with E-state index in [1.54, 1.807) is 6.92 Å². The number of aryl methyl sites for hydroxylation is 2. The molecule has 0 unspecified atom stereocenters. The number of carbonyl (C=O) groups excluding carboxylic acids is 3. The molecule has 1 aromatic carbocycles. The molecular weight excluding hydrogens is 302 g/mol. The molecular formula is C16H19NO4S. The van der Waals surface area contributed by atoms with Gasteiger partial charge in [0.1, 0.15) is 0 Å². The molecule has 0 radical (unpaired) electrons. The maximum Gasteiger partial charge on any atom is 0.315 e. The maximum atomic E-state index is 12.5. The second-order valence-corrected chi connectivity index (χ2v) is 6.36. The smallest absolute Gasteiger partial charge is 0.315 e. The van der Waals surface area contributed by atoms with E-state index < -0.39 is 5.25 Å². The van der Waals surface area contributed by atoms with Crippen molar-refractivity contribution >= 4 is 35.2 Å². The Morgan fingerprint density at radius 2 is 2.09 bits per heavy atom. The van der Waals surface area contributed by atoms with Gasteiger partial charge in [0.05, 0.1) is 23.3 Å². The van der Waals surface area contributed by atoms with Crippen LogP contribution in [-0.4, -0.2) is 35.4 Å². The molecule has 0 aliphatic carbocycles. The second-order valence-electron chi connectivity index (χ2n) is 5.17. The highest BCUT2D eigenvalue weighted by Crippen LogP contribution is 2.32.